The maximum atomic E-state index is 5.76. The van der Waals surface area contributed by atoms with E-state index < -0.39 is 0 Å². The lowest BCUT2D eigenvalue weighted by atomic mass is 9.96. The number of H-pyrrole nitrogens is 1. The molecule has 2 heterocycles. The van der Waals surface area contributed by atoms with E-state index in [2.05, 4.69) is 16.0 Å². The Labute approximate surface area is 105 Å². The second-order valence-corrected chi connectivity index (χ2v) is 4.51. The van der Waals surface area contributed by atoms with Gasteiger partial charge >= 0.3 is 0 Å². The number of ether oxygens (including phenoxy) is 1. The first-order valence-corrected chi connectivity index (χ1v) is 6.20. The molecule has 3 rings (SSSR count). The fourth-order valence-electron chi connectivity index (χ4n) is 2.16. The SMILES string of the molecule is ClCc1cnc(C2COc3ccccc3C2)[nH]1. The Bertz CT molecular complexity index is 524. The van der Waals surface area contributed by atoms with E-state index in [0.29, 0.717) is 18.4 Å². The number of nitrogens with one attached hydrogen (secondary N) is 1. The fraction of sp³-hybridized carbons (Fsp3) is 0.308. The molecular formula is C13H13ClN2O. The van der Waals surface area contributed by atoms with Crippen molar-refractivity contribution < 1.29 is 4.74 Å². The van der Waals surface area contributed by atoms with Gasteiger partial charge in [-0.1, -0.05) is 18.2 Å². The van der Waals surface area contributed by atoms with E-state index >= 15 is 0 Å². The highest BCUT2D eigenvalue weighted by atomic mass is 35.5. The molecule has 17 heavy (non-hydrogen) atoms. The third-order valence-electron chi connectivity index (χ3n) is 3.06. The Kier molecular flexibility index (Phi) is 2.77. The van der Waals surface area contributed by atoms with Gasteiger partial charge in [-0.25, -0.2) is 4.98 Å². The Morgan fingerprint density at radius 1 is 1.41 bits per heavy atom. The Hall–Kier alpha value is -1.48. The molecule has 1 aliphatic heterocycles. The zero-order chi connectivity index (χ0) is 11.7. The predicted molar refractivity (Wildman–Crippen MR) is 66.5 cm³/mol. The van der Waals surface area contributed by atoms with Crippen LogP contribution in [-0.4, -0.2) is 16.6 Å². The van der Waals surface area contributed by atoms with Crippen molar-refractivity contribution in [3.63, 3.8) is 0 Å². The van der Waals surface area contributed by atoms with Crippen molar-refractivity contribution in [2.45, 2.75) is 18.2 Å². The van der Waals surface area contributed by atoms with Crippen LogP contribution in [0, 0.1) is 0 Å². The molecule has 0 aliphatic carbocycles. The van der Waals surface area contributed by atoms with Crippen LogP contribution in [0.3, 0.4) is 0 Å². The summed E-state index contributed by atoms with van der Waals surface area (Å²) in [5.74, 6) is 2.72. The number of aromatic nitrogens is 2. The molecule has 1 aromatic carbocycles. The molecule has 0 bridgehead atoms. The predicted octanol–water partition coefficient (Wildman–Crippen LogP) is 2.87. The number of para-hydroxylation sites is 1. The van der Waals surface area contributed by atoms with Gasteiger partial charge in [-0.15, -0.1) is 11.6 Å². The van der Waals surface area contributed by atoms with Gasteiger partial charge in [0.15, 0.2) is 0 Å². The normalized spacial score (nSPS) is 18.5. The molecule has 3 nitrogen and oxygen atoms in total. The zero-order valence-electron chi connectivity index (χ0n) is 9.32. The van der Waals surface area contributed by atoms with Crippen LogP contribution in [0.1, 0.15) is 23.0 Å². The number of imidazole rings is 1. The maximum Gasteiger partial charge on any atom is 0.122 e. The molecule has 1 atom stereocenters. The average Bonchev–Trinajstić information content (AvgIpc) is 2.87. The highest BCUT2D eigenvalue weighted by molar-refractivity contribution is 6.16. The lowest BCUT2D eigenvalue weighted by Gasteiger charge is -2.23. The first-order valence-electron chi connectivity index (χ1n) is 5.67. The first kappa shape index (κ1) is 10.7. The number of fused-ring (bicyclic) bond motifs is 1. The molecule has 0 spiro atoms. The average molecular weight is 249 g/mol. The van der Waals surface area contributed by atoms with Crippen LogP contribution in [-0.2, 0) is 12.3 Å². The summed E-state index contributed by atoms with van der Waals surface area (Å²) in [6.07, 6.45) is 2.76. The lowest BCUT2D eigenvalue weighted by Crippen LogP contribution is -2.20. The van der Waals surface area contributed by atoms with Gasteiger partial charge in [0.05, 0.1) is 18.4 Å². The summed E-state index contributed by atoms with van der Waals surface area (Å²) in [7, 11) is 0. The van der Waals surface area contributed by atoms with Gasteiger partial charge < -0.3 is 9.72 Å². The molecule has 0 saturated carbocycles. The minimum Gasteiger partial charge on any atom is -0.493 e. The number of alkyl halides is 1. The molecule has 1 unspecified atom stereocenters. The van der Waals surface area contributed by atoms with Crippen molar-refractivity contribution in [3.05, 3.63) is 47.5 Å². The number of aromatic amines is 1. The number of benzene rings is 1. The van der Waals surface area contributed by atoms with E-state index in [9.17, 15) is 0 Å². The van der Waals surface area contributed by atoms with Crippen molar-refractivity contribution in [3.8, 4) is 5.75 Å². The van der Waals surface area contributed by atoms with Crippen LogP contribution in [0.5, 0.6) is 5.75 Å². The number of hydrogen-bond acceptors (Lipinski definition) is 2. The van der Waals surface area contributed by atoms with E-state index in [1.165, 1.54) is 5.56 Å². The van der Waals surface area contributed by atoms with Gasteiger partial charge in [0, 0.05) is 11.9 Å². The van der Waals surface area contributed by atoms with Gasteiger partial charge in [-0.2, -0.15) is 0 Å². The van der Waals surface area contributed by atoms with E-state index in [0.717, 1.165) is 23.7 Å². The van der Waals surface area contributed by atoms with Crippen molar-refractivity contribution >= 4 is 11.6 Å². The summed E-state index contributed by atoms with van der Waals surface area (Å²) < 4.78 is 5.74. The molecule has 88 valence electrons. The third-order valence-corrected chi connectivity index (χ3v) is 3.35. The Morgan fingerprint density at radius 2 is 2.29 bits per heavy atom. The minimum atomic E-state index is 0.293. The third kappa shape index (κ3) is 2.03. The molecule has 1 N–H and O–H groups in total. The number of hydrogen-bond donors (Lipinski definition) is 1. The summed E-state index contributed by atoms with van der Waals surface area (Å²) in [5, 5.41) is 0. The molecule has 1 aliphatic rings. The molecule has 0 fully saturated rings. The summed E-state index contributed by atoms with van der Waals surface area (Å²) in [5.41, 5.74) is 2.20. The smallest absolute Gasteiger partial charge is 0.122 e. The first-order chi connectivity index (χ1) is 8.36. The van der Waals surface area contributed by atoms with Crippen LogP contribution >= 0.6 is 11.6 Å². The van der Waals surface area contributed by atoms with Crippen LogP contribution in [0.2, 0.25) is 0 Å². The Balaban J connectivity index is 1.84. The molecule has 1 aromatic heterocycles. The summed E-state index contributed by atoms with van der Waals surface area (Å²) in [4.78, 5) is 7.60. The van der Waals surface area contributed by atoms with Crippen LogP contribution < -0.4 is 4.74 Å². The minimum absolute atomic E-state index is 0.293. The molecule has 0 saturated heterocycles. The number of nitrogens with zero attached hydrogens (tertiary/aromatic N) is 1. The number of rotatable bonds is 2. The topological polar surface area (TPSA) is 37.9 Å². The van der Waals surface area contributed by atoms with Gasteiger partial charge in [-0.05, 0) is 18.1 Å². The largest absolute Gasteiger partial charge is 0.493 e. The summed E-state index contributed by atoms with van der Waals surface area (Å²) in [6.45, 7) is 0.673. The maximum absolute atomic E-state index is 5.76. The standard InChI is InChI=1S/C13H13ClN2O/c14-6-11-7-15-13(16-11)10-5-9-3-1-2-4-12(9)17-8-10/h1-4,7,10H,5-6,8H2,(H,15,16). The van der Waals surface area contributed by atoms with Crippen molar-refractivity contribution in [2.75, 3.05) is 6.61 Å². The summed E-state index contributed by atoms with van der Waals surface area (Å²) in [6, 6.07) is 8.15. The summed E-state index contributed by atoms with van der Waals surface area (Å²) >= 11 is 5.76. The van der Waals surface area contributed by atoms with Gasteiger partial charge in [0.2, 0.25) is 0 Å². The molecule has 2 aromatic rings. The van der Waals surface area contributed by atoms with Gasteiger partial charge in [0.25, 0.3) is 0 Å². The second-order valence-electron chi connectivity index (χ2n) is 4.25. The zero-order valence-corrected chi connectivity index (χ0v) is 10.1. The highest BCUT2D eigenvalue weighted by Crippen LogP contribution is 2.30. The van der Waals surface area contributed by atoms with E-state index in [1.54, 1.807) is 6.20 Å². The van der Waals surface area contributed by atoms with Crippen molar-refractivity contribution in [2.24, 2.45) is 0 Å². The highest BCUT2D eigenvalue weighted by Gasteiger charge is 2.23. The van der Waals surface area contributed by atoms with Crippen molar-refractivity contribution in [1.29, 1.82) is 0 Å². The van der Waals surface area contributed by atoms with E-state index in [-0.39, 0.29) is 0 Å². The Morgan fingerprint density at radius 3 is 3.12 bits per heavy atom. The molecular weight excluding hydrogens is 236 g/mol. The van der Waals surface area contributed by atoms with Crippen LogP contribution in [0.4, 0.5) is 0 Å². The van der Waals surface area contributed by atoms with Gasteiger partial charge in [0.1, 0.15) is 11.6 Å². The van der Waals surface area contributed by atoms with Crippen LogP contribution in [0.15, 0.2) is 30.5 Å². The molecule has 0 amide bonds. The van der Waals surface area contributed by atoms with Crippen molar-refractivity contribution in [1.82, 2.24) is 9.97 Å². The fourth-order valence-corrected chi connectivity index (χ4v) is 2.29. The quantitative estimate of drug-likeness (QED) is 0.830. The molecule has 0 radical (unpaired) electrons. The van der Waals surface area contributed by atoms with Crippen LogP contribution in [0.25, 0.3) is 0 Å². The number of halogens is 1. The monoisotopic (exact) mass is 248 g/mol. The molecule has 4 heteroatoms. The van der Waals surface area contributed by atoms with E-state index in [1.807, 2.05) is 18.2 Å². The second kappa shape index (κ2) is 4.41. The van der Waals surface area contributed by atoms with E-state index in [4.69, 9.17) is 16.3 Å². The lowest BCUT2D eigenvalue weighted by molar-refractivity contribution is 0.258. The van der Waals surface area contributed by atoms with Gasteiger partial charge in [-0.3, -0.25) is 0 Å².